The number of Topliss-reactive ketones (excluding diaryl/α,β-unsaturated/α-hetero) is 1. The lowest BCUT2D eigenvalue weighted by Gasteiger charge is -2.34. The molecule has 2 aromatic carbocycles. The number of aromatic nitrogens is 1. The Labute approximate surface area is 212 Å². The molecule has 0 bridgehead atoms. The van der Waals surface area contributed by atoms with Gasteiger partial charge in [-0.1, -0.05) is 30.3 Å². The molecule has 4 rings (SSSR count). The smallest absolute Gasteiger partial charge is 0.227 e. The number of hydrogen-bond acceptors (Lipinski definition) is 6. The largest absolute Gasteiger partial charge is 0.493 e. The molecule has 0 N–H and O–H groups in total. The molecule has 0 amide bonds. The first-order valence-electron chi connectivity index (χ1n) is 10.9. The van der Waals surface area contributed by atoms with E-state index in [9.17, 15) is 9.59 Å². The molecule has 0 saturated carbocycles. The molecular formula is C25H31Cl2N3O4. The van der Waals surface area contributed by atoms with Crippen molar-refractivity contribution in [1.29, 1.82) is 0 Å². The maximum absolute atomic E-state index is 12.2. The van der Waals surface area contributed by atoms with Crippen molar-refractivity contribution in [3.8, 4) is 11.5 Å². The maximum Gasteiger partial charge on any atom is 0.227 e. The minimum Gasteiger partial charge on any atom is -0.493 e. The van der Waals surface area contributed by atoms with Gasteiger partial charge in [0, 0.05) is 63.5 Å². The fraction of sp³-hybridized carbons (Fsp3) is 0.360. The standard InChI is InChI=1S/C25H29N3O4.2ClH/c1-31-24-14-20-21(23(30)18-29)17-28(22(20)15-25(24)32-2)13-12-26-8-10-27(11-9-26)16-19-6-4-3-5-7-19;;/h3-7,14-15,17-18H,8-13,16H2,1-2H3;2*1H. The van der Waals surface area contributed by atoms with E-state index in [4.69, 9.17) is 9.47 Å². The summed E-state index contributed by atoms with van der Waals surface area (Å²) in [6.45, 7) is 6.63. The van der Waals surface area contributed by atoms with Gasteiger partial charge >= 0.3 is 0 Å². The molecule has 0 spiro atoms. The number of carbonyl (C=O) groups excluding carboxylic acids is 2. The number of methoxy groups -OCH3 is 2. The molecular weight excluding hydrogens is 477 g/mol. The van der Waals surface area contributed by atoms with Gasteiger partial charge in [-0.05, 0) is 11.6 Å². The van der Waals surface area contributed by atoms with Crippen LogP contribution < -0.4 is 9.47 Å². The summed E-state index contributed by atoms with van der Waals surface area (Å²) in [6, 6.07) is 14.2. The Kier molecular flexibility index (Phi) is 10.4. The Hall–Kier alpha value is -2.58. The van der Waals surface area contributed by atoms with Gasteiger partial charge in [-0.25, -0.2) is 0 Å². The van der Waals surface area contributed by atoms with Crippen LogP contribution in [0, 0.1) is 0 Å². The zero-order chi connectivity index (χ0) is 22.5. The Bertz CT molecular complexity index is 1100. The van der Waals surface area contributed by atoms with Crippen LogP contribution in [0.5, 0.6) is 11.5 Å². The minimum absolute atomic E-state index is 0. The minimum atomic E-state index is -0.532. The van der Waals surface area contributed by atoms with E-state index in [1.54, 1.807) is 26.5 Å². The van der Waals surface area contributed by atoms with E-state index in [0.29, 0.717) is 28.7 Å². The predicted octanol–water partition coefficient (Wildman–Crippen LogP) is 3.70. The van der Waals surface area contributed by atoms with Crippen molar-refractivity contribution in [2.45, 2.75) is 13.1 Å². The maximum atomic E-state index is 12.2. The number of piperazine rings is 1. The molecule has 1 aliphatic heterocycles. The van der Waals surface area contributed by atoms with E-state index in [1.165, 1.54) is 5.56 Å². The van der Waals surface area contributed by atoms with Crippen molar-refractivity contribution in [2.24, 2.45) is 0 Å². The molecule has 7 nitrogen and oxygen atoms in total. The van der Waals surface area contributed by atoms with Crippen molar-refractivity contribution in [3.05, 3.63) is 59.8 Å². The van der Waals surface area contributed by atoms with E-state index in [-0.39, 0.29) is 24.8 Å². The second-order valence-corrected chi connectivity index (χ2v) is 8.05. The number of ether oxygens (including phenoxy) is 2. The average molecular weight is 508 g/mol. The number of fused-ring (bicyclic) bond motifs is 1. The van der Waals surface area contributed by atoms with Crippen LogP contribution in [-0.2, 0) is 17.9 Å². The van der Waals surface area contributed by atoms with E-state index in [0.717, 1.165) is 51.3 Å². The number of hydrogen-bond donors (Lipinski definition) is 0. The number of nitrogens with zero attached hydrogens (tertiary/aromatic N) is 3. The van der Waals surface area contributed by atoms with Gasteiger partial charge in [0.1, 0.15) is 0 Å². The second kappa shape index (κ2) is 12.8. The molecule has 3 aromatic rings. The first-order valence-corrected chi connectivity index (χ1v) is 10.9. The third-order valence-electron chi connectivity index (χ3n) is 6.13. The first kappa shape index (κ1) is 27.7. The molecule has 9 heteroatoms. The molecule has 0 atom stereocenters. The van der Waals surface area contributed by atoms with Gasteiger partial charge in [0.05, 0.1) is 25.3 Å². The lowest BCUT2D eigenvalue weighted by molar-refractivity contribution is -0.104. The van der Waals surface area contributed by atoms with Crippen LogP contribution in [0.3, 0.4) is 0 Å². The fourth-order valence-corrected chi connectivity index (χ4v) is 4.32. The van der Waals surface area contributed by atoms with Crippen molar-refractivity contribution < 1.29 is 19.1 Å². The summed E-state index contributed by atoms with van der Waals surface area (Å²) >= 11 is 0. The van der Waals surface area contributed by atoms with Crippen molar-refractivity contribution in [1.82, 2.24) is 14.4 Å². The highest BCUT2D eigenvalue weighted by atomic mass is 35.5. The van der Waals surface area contributed by atoms with Crippen LogP contribution in [0.4, 0.5) is 0 Å². The van der Waals surface area contributed by atoms with Gasteiger partial charge in [0.2, 0.25) is 5.78 Å². The monoisotopic (exact) mass is 507 g/mol. The predicted molar refractivity (Wildman–Crippen MR) is 138 cm³/mol. The summed E-state index contributed by atoms with van der Waals surface area (Å²) in [7, 11) is 3.14. The molecule has 1 saturated heterocycles. The second-order valence-electron chi connectivity index (χ2n) is 8.05. The topological polar surface area (TPSA) is 64.0 Å². The Morgan fingerprint density at radius 1 is 0.912 bits per heavy atom. The highest BCUT2D eigenvalue weighted by Gasteiger charge is 2.20. The Morgan fingerprint density at radius 3 is 2.15 bits per heavy atom. The SMILES string of the molecule is COc1cc2c(C(=O)C=O)cn(CCN3CCN(Cc4ccccc4)CC3)c2cc1OC.Cl.Cl. The van der Waals surface area contributed by atoms with Gasteiger partial charge in [-0.3, -0.25) is 19.4 Å². The average Bonchev–Trinajstić information content (AvgIpc) is 3.20. The van der Waals surface area contributed by atoms with Crippen LogP contribution in [-0.4, -0.2) is 73.4 Å². The third-order valence-corrected chi connectivity index (χ3v) is 6.13. The van der Waals surface area contributed by atoms with Gasteiger partial charge < -0.3 is 14.0 Å². The third kappa shape index (κ3) is 6.10. The van der Waals surface area contributed by atoms with Crippen LogP contribution >= 0.6 is 24.8 Å². The normalized spacial score (nSPS) is 14.2. The number of ketones is 1. The van der Waals surface area contributed by atoms with Crippen molar-refractivity contribution in [3.63, 3.8) is 0 Å². The quantitative estimate of drug-likeness (QED) is 0.250. The van der Waals surface area contributed by atoms with E-state index < -0.39 is 5.78 Å². The van der Waals surface area contributed by atoms with Gasteiger partial charge in [-0.15, -0.1) is 24.8 Å². The van der Waals surface area contributed by atoms with Crippen LogP contribution in [0.2, 0.25) is 0 Å². The summed E-state index contributed by atoms with van der Waals surface area (Å²) in [5.41, 5.74) is 2.59. The molecule has 1 aromatic heterocycles. The lowest BCUT2D eigenvalue weighted by Crippen LogP contribution is -2.46. The summed E-state index contributed by atoms with van der Waals surface area (Å²) in [5.74, 6) is 0.599. The fourth-order valence-electron chi connectivity index (χ4n) is 4.32. The number of aldehydes is 1. The summed E-state index contributed by atoms with van der Waals surface area (Å²) in [6.07, 6.45) is 2.13. The zero-order valence-electron chi connectivity index (χ0n) is 19.4. The van der Waals surface area contributed by atoms with Crippen LogP contribution in [0.25, 0.3) is 10.9 Å². The number of halogens is 2. The molecule has 34 heavy (non-hydrogen) atoms. The molecule has 1 aliphatic rings. The number of benzene rings is 2. The molecule has 1 fully saturated rings. The highest BCUT2D eigenvalue weighted by Crippen LogP contribution is 2.34. The van der Waals surface area contributed by atoms with Crippen molar-refractivity contribution in [2.75, 3.05) is 46.9 Å². The highest BCUT2D eigenvalue weighted by molar-refractivity contribution is 6.36. The van der Waals surface area contributed by atoms with Crippen molar-refractivity contribution >= 4 is 47.8 Å². The van der Waals surface area contributed by atoms with Gasteiger partial charge in [0.25, 0.3) is 0 Å². The van der Waals surface area contributed by atoms with Gasteiger partial charge in [-0.2, -0.15) is 0 Å². The molecule has 184 valence electrons. The van der Waals surface area contributed by atoms with E-state index in [2.05, 4.69) is 34.1 Å². The molecule has 2 heterocycles. The van der Waals surface area contributed by atoms with Crippen LogP contribution in [0.1, 0.15) is 15.9 Å². The number of carbonyl (C=O) groups is 2. The Morgan fingerprint density at radius 2 is 1.53 bits per heavy atom. The van der Waals surface area contributed by atoms with Gasteiger partial charge in [0.15, 0.2) is 17.8 Å². The number of rotatable bonds is 9. The zero-order valence-corrected chi connectivity index (χ0v) is 21.1. The van der Waals surface area contributed by atoms with E-state index in [1.807, 2.05) is 16.7 Å². The van der Waals surface area contributed by atoms with E-state index >= 15 is 0 Å². The molecule has 0 aliphatic carbocycles. The first-order chi connectivity index (χ1) is 15.6. The van der Waals surface area contributed by atoms with Crippen LogP contribution in [0.15, 0.2) is 48.7 Å². The lowest BCUT2D eigenvalue weighted by atomic mass is 10.1. The summed E-state index contributed by atoms with van der Waals surface area (Å²) < 4.78 is 12.9. The summed E-state index contributed by atoms with van der Waals surface area (Å²) in [4.78, 5) is 28.3. The molecule has 0 unspecified atom stereocenters. The molecule has 0 radical (unpaired) electrons. The summed E-state index contributed by atoms with van der Waals surface area (Å²) in [5, 5.41) is 0.701. The Balaban J connectivity index is 0.00000204.